The Labute approximate surface area is 119 Å². The molecule has 0 aromatic heterocycles. The molecule has 114 valence electrons. The Hall–Kier alpha value is -2.51. The molecule has 7 nitrogen and oxygen atoms in total. The summed E-state index contributed by atoms with van der Waals surface area (Å²) in [6, 6.07) is 2.66. The highest BCUT2D eigenvalue weighted by Gasteiger charge is 2.18. The summed E-state index contributed by atoms with van der Waals surface area (Å²) in [5.74, 6) is -2.95. The van der Waals surface area contributed by atoms with Gasteiger partial charge < -0.3 is 10.4 Å². The predicted molar refractivity (Wildman–Crippen MR) is 71.4 cm³/mol. The van der Waals surface area contributed by atoms with E-state index in [-0.39, 0.29) is 24.6 Å². The first-order valence-electron chi connectivity index (χ1n) is 6.29. The number of carboxylic acids is 1. The molecule has 1 atom stereocenters. The van der Waals surface area contributed by atoms with Crippen molar-refractivity contribution in [2.75, 3.05) is 6.54 Å². The molecule has 2 N–H and O–H groups in total. The van der Waals surface area contributed by atoms with Gasteiger partial charge in [0, 0.05) is 25.1 Å². The van der Waals surface area contributed by atoms with Crippen LogP contribution in [0.25, 0.3) is 0 Å². The molecule has 1 aromatic carbocycles. The number of aliphatic carboxylic acids is 1. The van der Waals surface area contributed by atoms with E-state index in [4.69, 9.17) is 5.11 Å². The number of nitro benzene ring substituents is 1. The van der Waals surface area contributed by atoms with Crippen LogP contribution >= 0.6 is 0 Å². The second-order valence-electron chi connectivity index (χ2n) is 4.50. The van der Waals surface area contributed by atoms with E-state index in [0.29, 0.717) is 6.42 Å². The van der Waals surface area contributed by atoms with Gasteiger partial charge in [-0.1, -0.05) is 13.3 Å². The lowest BCUT2D eigenvalue weighted by atomic mass is 10.0. The molecule has 21 heavy (non-hydrogen) atoms. The Morgan fingerprint density at radius 1 is 1.48 bits per heavy atom. The summed E-state index contributed by atoms with van der Waals surface area (Å²) in [5.41, 5.74) is -0.825. The largest absolute Gasteiger partial charge is 0.481 e. The van der Waals surface area contributed by atoms with Crippen molar-refractivity contribution in [1.82, 2.24) is 5.32 Å². The van der Waals surface area contributed by atoms with Crippen molar-refractivity contribution in [2.24, 2.45) is 5.92 Å². The number of carbonyl (C=O) groups excluding carboxylic acids is 1. The number of benzene rings is 1. The number of nitro groups is 1. The first kappa shape index (κ1) is 16.5. The number of amides is 1. The van der Waals surface area contributed by atoms with Gasteiger partial charge in [-0.05, 0) is 12.0 Å². The fourth-order valence-corrected chi connectivity index (χ4v) is 1.74. The monoisotopic (exact) mass is 298 g/mol. The van der Waals surface area contributed by atoms with Gasteiger partial charge in [-0.3, -0.25) is 19.7 Å². The van der Waals surface area contributed by atoms with Crippen molar-refractivity contribution in [3.8, 4) is 0 Å². The van der Waals surface area contributed by atoms with Crippen LogP contribution in [0.15, 0.2) is 18.2 Å². The van der Waals surface area contributed by atoms with Crippen LogP contribution in [-0.2, 0) is 4.79 Å². The molecule has 1 aromatic rings. The molecule has 0 bridgehead atoms. The number of halogens is 1. The molecule has 0 fully saturated rings. The van der Waals surface area contributed by atoms with Gasteiger partial charge in [0.1, 0.15) is 5.82 Å². The highest BCUT2D eigenvalue weighted by Crippen LogP contribution is 2.17. The zero-order valence-electron chi connectivity index (χ0n) is 11.3. The Morgan fingerprint density at radius 2 is 2.14 bits per heavy atom. The molecule has 1 rings (SSSR count). The maximum atomic E-state index is 13.5. The van der Waals surface area contributed by atoms with Gasteiger partial charge in [-0.2, -0.15) is 0 Å². The van der Waals surface area contributed by atoms with Crippen LogP contribution in [0.5, 0.6) is 0 Å². The van der Waals surface area contributed by atoms with E-state index >= 15 is 0 Å². The minimum absolute atomic E-state index is 0.0593. The molecule has 1 amide bonds. The standard InChI is InChI=1S/C13H15FN2O5/c1-2-8(5-12(17)18)7-15-13(19)10-6-9(16(20)21)3-4-11(10)14/h3-4,6,8H,2,5,7H2,1H3,(H,15,19)(H,17,18). The van der Waals surface area contributed by atoms with Crippen molar-refractivity contribution >= 4 is 17.6 Å². The number of non-ortho nitro benzene ring substituents is 1. The van der Waals surface area contributed by atoms with Crippen molar-refractivity contribution in [1.29, 1.82) is 0 Å². The molecule has 1 unspecified atom stereocenters. The summed E-state index contributed by atoms with van der Waals surface area (Å²) in [5, 5.41) is 21.7. The van der Waals surface area contributed by atoms with Gasteiger partial charge in [0.15, 0.2) is 0 Å². The highest BCUT2D eigenvalue weighted by molar-refractivity contribution is 5.95. The number of nitrogens with zero attached hydrogens (tertiary/aromatic N) is 1. The number of hydrogen-bond acceptors (Lipinski definition) is 4. The minimum Gasteiger partial charge on any atom is -0.481 e. The number of carbonyl (C=O) groups is 2. The first-order chi connectivity index (χ1) is 9.85. The number of hydrogen-bond donors (Lipinski definition) is 2. The maximum absolute atomic E-state index is 13.5. The highest BCUT2D eigenvalue weighted by atomic mass is 19.1. The van der Waals surface area contributed by atoms with Crippen LogP contribution in [0.4, 0.5) is 10.1 Å². The number of nitrogens with one attached hydrogen (secondary N) is 1. The third kappa shape index (κ3) is 4.83. The molecule has 0 aliphatic heterocycles. The van der Waals surface area contributed by atoms with Crippen molar-refractivity contribution in [3.05, 3.63) is 39.7 Å². The zero-order valence-corrected chi connectivity index (χ0v) is 11.3. The van der Waals surface area contributed by atoms with Gasteiger partial charge in [0.05, 0.1) is 10.5 Å². The van der Waals surface area contributed by atoms with Crippen LogP contribution in [0.1, 0.15) is 30.1 Å². The minimum atomic E-state index is -0.988. The lowest BCUT2D eigenvalue weighted by Gasteiger charge is -2.13. The average Bonchev–Trinajstić information content (AvgIpc) is 2.42. The first-order valence-corrected chi connectivity index (χ1v) is 6.29. The number of rotatable bonds is 7. The van der Waals surface area contributed by atoms with Crippen LogP contribution < -0.4 is 5.32 Å². The quantitative estimate of drug-likeness (QED) is 0.590. The Balaban J connectivity index is 2.77. The topological polar surface area (TPSA) is 110 Å². The molecule has 0 heterocycles. The molecule has 0 aliphatic rings. The summed E-state index contributed by atoms with van der Waals surface area (Å²) >= 11 is 0. The van der Waals surface area contributed by atoms with E-state index in [0.717, 1.165) is 18.2 Å². The smallest absolute Gasteiger partial charge is 0.303 e. The zero-order chi connectivity index (χ0) is 16.0. The Morgan fingerprint density at radius 3 is 2.67 bits per heavy atom. The lowest BCUT2D eigenvalue weighted by Crippen LogP contribution is -2.30. The Bertz CT molecular complexity index is 561. The average molecular weight is 298 g/mol. The fourth-order valence-electron chi connectivity index (χ4n) is 1.74. The molecule has 0 aliphatic carbocycles. The molecular formula is C13H15FN2O5. The third-order valence-electron chi connectivity index (χ3n) is 3.00. The lowest BCUT2D eigenvalue weighted by molar-refractivity contribution is -0.384. The van der Waals surface area contributed by atoms with E-state index in [1.165, 1.54) is 0 Å². The second kappa shape index (κ2) is 7.32. The normalized spacial score (nSPS) is 11.7. The summed E-state index contributed by atoms with van der Waals surface area (Å²) in [7, 11) is 0. The summed E-state index contributed by atoms with van der Waals surface area (Å²) in [6.07, 6.45) is 0.415. The second-order valence-corrected chi connectivity index (χ2v) is 4.50. The van der Waals surface area contributed by atoms with Gasteiger partial charge in [0.2, 0.25) is 0 Å². The van der Waals surface area contributed by atoms with Crippen LogP contribution in [-0.4, -0.2) is 28.5 Å². The van der Waals surface area contributed by atoms with Crippen LogP contribution in [0, 0.1) is 21.8 Å². The predicted octanol–water partition coefficient (Wildman–Crippen LogP) is 1.96. The van der Waals surface area contributed by atoms with Gasteiger partial charge >= 0.3 is 5.97 Å². The van der Waals surface area contributed by atoms with E-state index in [1.54, 1.807) is 6.92 Å². The molecule has 0 saturated heterocycles. The van der Waals surface area contributed by atoms with Gasteiger partial charge in [0.25, 0.3) is 11.6 Å². The van der Waals surface area contributed by atoms with Gasteiger partial charge in [-0.15, -0.1) is 0 Å². The number of carboxylic acid groups (broad SMARTS) is 1. The van der Waals surface area contributed by atoms with Gasteiger partial charge in [-0.25, -0.2) is 4.39 Å². The fraction of sp³-hybridized carbons (Fsp3) is 0.385. The van der Waals surface area contributed by atoms with E-state index in [1.807, 2.05) is 0 Å². The van der Waals surface area contributed by atoms with Crippen molar-refractivity contribution in [2.45, 2.75) is 19.8 Å². The summed E-state index contributed by atoms with van der Waals surface area (Å²) in [6.45, 7) is 1.83. The molecule has 0 radical (unpaired) electrons. The summed E-state index contributed by atoms with van der Waals surface area (Å²) in [4.78, 5) is 32.3. The maximum Gasteiger partial charge on any atom is 0.303 e. The van der Waals surface area contributed by atoms with Crippen molar-refractivity contribution in [3.63, 3.8) is 0 Å². The summed E-state index contributed by atoms with van der Waals surface area (Å²) < 4.78 is 13.5. The molecule has 8 heteroatoms. The van der Waals surface area contributed by atoms with Crippen LogP contribution in [0.2, 0.25) is 0 Å². The van der Waals surface area contributed by atoms with Crippen LogP contribution in [0.3, 0.4) is 0 Å². The molecule has 0 spiro atoms. The Kier molecular flexibility index (Phi) is 5.77. The SMILES string of the molecule is CCC(CNC(=O)c1cc([N+](=O)[O-])ccc1F)CC(=O)O. The van der Waals surface area contributed by atoms with E-state index in [9.17, 15) is 24.1 Å². The van der Waals surface area contributed by atoms with E-state index < -0.39 is 28.2 Å². The van der Waals surface area contributed by atoms with E-state index in [2.05, 4.69) is 5.32 Å². The van der Waals surface area contributed by atoms with Crippen molar-refractivity contribution < 1.29 is 24.0 Å². The molecule has 0 saturated carbocycles. The molecular weight excluding hydrogens is 283 g/mol. The third-order valence-corrected chi connectivity index (χ3v) is 3.00.